The molecule has 0 spiro atoms. The molecule has 66 heavy (non-hydrogen) atoms. The van der Waals surface area contributed by atoms with Gasteiger partial charge in [0.2, 0.25) is 0 Å². The van der Waals surface area contributed by atoms with Crippen molar-refractivity contribution in [3.8, 4) is 23.0 Å². The summed E-state index contributed by atoms with van der Waals surface area (Å²) in [6, 6.07) is 18.1. The van der Waals surface area contributed by atoms with E-state index in [-0.39, 0.29) is 21.7 Å². The van der Waals surface area contributed by atoms with Crippen molar-refractivity contribution >= 4 is 5.97 Å². The zero-order valence-electron chi connectivity index (χ0n) is 42.4. The van der Waals surface area contributed by atoms with Crippen molar-refractivity contribution in [2.45, 2.75) is 144 Å². The lowest BCUT2D eigenvalue weighted by Crippen LogP contribution is -2.21. The molecule has 0 aromatic heterocycles. The predicted molar refractivity (Wildman–Crippen MR) is 264 cm³/mol. The lowest BCUT2D eigenvalue weighted by atomic mass is 9.76. The first-order chi connectivity index (χ1) is 31.0. The van der Waals surface area contributed by atoms with Crippen molar-refractivity contribution in [2.24, 2.45) is 0 Å². The fraction of sp³-hybridized carbons (Fsp3) is 0.561. The van der Waals surface area contributed by atoms with Crippen molar-refractivity contribution in [2.75, 3.05) is 66.1 Å². The van der Waals surface area contributed by atoms with Gasteiger partial charge in [-0.15, -0.1) is 0 Å². The molecular weight excluding hydrogens is 829 g/mol. The highest BCUT2D eigenvalue weighted by atomic mass is 16.6. The van der Waals surface area contributed by atoms with Crippen LogP contribution in [0.5, 0.6) is 23.0 Å². The van der Waals surface area contributed by atoms with E-state index in [1.807, 2.05) is 0 Å². The molecule has 1 aliphatic heterocycles. The minimum Gasteiger partial charge on any atom is -0.494 e. The lowest BCUT2D eigenvalue weighted by molar-refractivity contribution is -0.139. The van der Waals surface area contributed by atoms with Gasteiger partial charge in [0.25, 0.3) is 0 Å². The molecular formula is C57H78O9. The van der Waals surface area contributed by atoms with Gasteiger partial charge in [-0.05, 0) is 107 Å². The predicted octanol–water partition coefficient (Wildman–Crippen LogP) is 11.6. The number of carboxylic acids is 1. The van der Waals surface area contributed by atoms with E-state index in [4.69, 9.17) is 33.2 Å². The molecule has 1 heterocycles. The molecule has 0 amide bonds. The van der Waals surface area contributed by atoms with Crippen LogP contribution in [0.3, 0.4) is 0 Å². The summed E-state index contributed by atoms with van der Waals surface area (Å²) in [6.45, 7) is 32.6. The summed E-state index contributed by atoms with van der Waals surface area (Å²) in [7, 11) is 0. The number of carbonyl (C=O) groups is 1. The molecule has 1 N–H and O–H groups in total. The molecule has 360 valence electrons. The number of hydrogen-bond donors (Lipinski definition) is 1. The summed E-state index contributed by atoms with van der Waals surface area (Å²) in [6.07, 6.45) is 2.95. The third-order valence-corrected chi connectivity index (χ3v) is 12.4. The maximum absolute atomic E-state index is 12.4. The average molecular weight is 907 g/mol. The van der Waals surface area contributed by atoms with Crippen molar-refractivity contribution in [3.63, 3.8) is 0 Å². The maximum atomic E-state index is 12.4. The molecule has 9 nitrogen and oxygen atoms in total. The highest BCUT2D eigenvalue weighted by Gasteiger charge is 2.30. The van der Waals surface area contributed by atoms with Crippen LogP contribution >= 0.6 is 0 Å². The van der Waals surface area contributed by atoms with E-state index in [0.717, 1.165) is 73.7 Å². The Bertz CT molecular complexity index is 2310. The van der Waals surface area contributed by atoms with Gasteiger partial charge in [0, 0.05) is 25.7 Å². The van der Waals surface area contributed by atoms with Crippen LogP contribution in [0, 0.1) is 0 Å². The largest absolute Gasteiger partial charge is 0.494 e. The fourth-order valence-electron chi connectivity index (χ4n) is 9.09. The molecule has 0 unspecified atom stereocenters. The Kier molecular flexibility index (Phi) is 16.3. The van der Waals surface area contributed by atoms with Crippen LogP contribution < -0.4 is 18.9 Å². The summed E-state index contributed by atoms with van der Waals surface area (Å²) in [5, 5.41) is 10.1. The second kappa shape index (κ2) is 21.2. The number of ether oxygens (including phenoxy) is 7. The van der Waals surface area contributed by atoms with Crippen LogP contribution in [0.2, 0.25) is 0 Å². The molecule has 10 bridgehead atoms. The molecule has 4 aromatic rings. The first kappa shape index (κ1) is 50.8. The molecule has 9 heteroatoms. The van der Waals surface area contributed by atoms with Crippen LogP contribution in [0.25, 0.3) is 0 Å². The van der Waals surface area contributed by atoms with Gasteiger partial charge in [0.05, 0.1) is 46.2 Å². The van der Waals surface area contributed by atoms with E-state index >= 15 is 0 Å². The number of aliphatic carboxylic acids is 1. The van der Waals surface area contributed by atoms with E-state index in [2.05, 4.69) is 139 Å². The third kappa shape index (κ3) is 13.1. The Morgan fingerprint density at radius 2 is 0.833 bits per heavy atom. The highest BCUT2D eigenvalue weighted by molar-refractivity contribution is 5.69. The smallest absolute Gasteiger partial charge is 0.341 e. The minimum atomic E-state index is -1.03. The molecule has 0 saturated carbocycles. The molecule has 0 atom stereocenters. The summed E-state index contributed by atoms with van der Waals surface area (Å²) in [5.74, 6) is 2.02. The minimum absolute atomic E-state index is 0.168. The molecule has 4 aromatic carbocycles. The van der Waals surface area contributed by atoms with Gasteiger partial charge in [-0.1, -0.05) is 126 Å². The zero-order chi connectivity index (χ0) is 48.0. The second-order valence-corrected chi connectivity index (χ2v) is 22.3. The van der Waals surface area contributed by atoms with E-state index in [9.17, 15) is 9.90 Å². The average Bonchev–Trinajstić information content (AvgIpc) is 3.20. The second-order valence-electron chi connectivity index (χ2n) is 22.3. The van der Waals surface area contributed by atoms with Crippen LogP contribution in [0.4, 0.5) is 0 Å². The number of rotatable bonds is 6. The maximum Gasteiger partial charge on any atom is 0.341 e. The normalized spacial score (nSPS) is 15.9. The van der Waals surface area contributed by atoms with Crippen LogP contribution in [-0.2, 0) is 66.3 Å². The Labute approximate surface area is 395 Å². The van der Waals surface area contributed by atoms with Gasteiger partial charge < -0.3 is 38.3 Å². The van der Waals surface area contributed by atoms with Crippen molar-refractivity contribution in [1.29, 1.82) is 0 Å². The Balaban J connectivity index is 1.78. The third-order valence-electron chi connectivity index (χ3n) is 12.4. The fourth-order valence-corrected chi connectivity index (χ4v) is 9.09. The SMILES string of the molecule is CCCOc1cc2c(C(C)(C)C)c(c1)Cc1cc(C(C)(C)C)cc(c1OCC(=O)O)Cc1cc(C(C)(C)C)cc3c1OCCOCCOCCOCCOc1c(cc(C(C)(C)C)cc1C2)C3. The molecule has 6 rings (SSSR count). The quantitative estimate of drug-likeness (QED) is 0.178. The number of benzene rings is 4. The Morgan fingerprint density at radius 3 is 1.20 bits per heavy atom. The van der Waals surface area contributed by atoms with Gasteiger partial charge in [0.1, 0.15) is 36.2 Å². The molecule has 0 radical (unpaired) electrons. The standard InChI is InChI=1S/C57H78O9/c1-14-15-63-48-34-37-24-39-28-45(54(2,3)4)30-41-26-42-31-47(56(8,9)10)32-43(52(42)65-23-21-62-19-17-60-16-18-61-20-22-64-51(39)41)27-44-33-46(55(5,6)7)29-40(53(44)66-36-49(58)59)25-38(35-48)50(37)57(11,12)13/h28-35H,14-27,36H2,1-13H3,(H,58,59). The Hall–Kier alpha value is -4.57. The summed E-state index contributed by atoms with van der Waals surface area (Å²) >= 11 is 0. The van der Waals surface area contributed by atoms with Crippen LogP contribution in [0.1, 0.15) is 163 Å². The number of fused-ring (bicyclic) bond motifs is 4. The van der Waals surface area contributed by atoms with Crippen LogP contribution in [-0.4, -0.2) is 77.1 Å². The van der Waals surface area contributed by atoms with Crippen molar-refractivity contribution < 1.29 is 43.1 Å². The van der Waals surface area contributed by atoms with E-state index in [1.165, 1.54) is 16.7 Å². The Morgan fingerprint density at radius 1 is 0.485 bits per heavy atom. The van der Waals surface area contributed by atoms with Crippen molar-refractivity contribution in [3.05, 3.63) is 115 Å². The summed E-state index contributed by atoms with van der Waals surface area (Å²) in [5.41, 5.74) is 12.2. The number of carboxylic acid groups (broad SMARTS) is 1. The first-order valence-electron chi connectivity index (χ1n) is 24.1. The van der Waals surface area contributed by atoms with Gasteiger partial charge >= 0.3 is 5.97 Å². The highest BCUT2D eigenvalue weighted by Crippen LogP contribution is 2.44. The van der Waals surface area contributed by atoms with E-state index in [1.54, 1.807) is 0 Å². The van der Waals surface area contributed by atoms with Crippen LogP contribution in [0.15, 0.2) is 48.5 Å². The van der Waals surface area contributed by atoms with Crippen molar-refractivity contribution in [1.82, 2.24) is 0 Å². The molecule has 0 fully saturated rings. The van der Waals surface area contributed by atoms with Gasteiger partial charge in [0.15, 0.2) is 6.61 Å². The molecule has 1 aliphatic carbocycles. The molecule has 2 aliphatic rings. The number of hydrogen-bond acceptors (Lipinski definition) is 8. The zero-order valence-corrected chi connectivity index (χ0v) is 42.4. The first-order valence-corrected chi connectivity index (χ1v) is 24.1. The van der Waals surface area contributed by atoms with Gasteiger partial charge in [-0.25, -0.2) is 4.79 Å². The summed E-state index contributed by atoms with van der Waals surface area (Å²) in [4.78, 5) is 12.4. The van der Waals surface area contributed by atoms with E-state index in [0.29, 0.717) is 90.9 Å². The summed E-state index contributed by atoms with van der Waals surface area (Å²) < 4.78 is 44.9. The lowest BCUT2D eigenvalue weighted by Gasteiger charge is -2.31. The van der Waals surface area contributed by atoms with Gasteiger partial charge in [-0.3, -0.25) is 0 Å². The monoisotopic (exact) mass is 907 g/mol. The van der Waals surface area contributed by atoms with Gasteiger partial charge in [-0.2, -0.15) is 0 Å². The topological polar surface area (TPSA) is 102 Å². The molecule has 0 saturated heterocycles. The van der Waals surface area contributed by atoms with E-state index < -0.39 is 12.6 Å².